The van der Waals surface area contributed by atoms with Crippen LogP contribution in [0.15, 0.2) is 42.5 Å². The quantitative estimate of drug-likeness (QED) is 0.593. The first kappa shape index (κ1) is 21.4. The number of carbonyl (C=O) groups excluding carboxylic acids is 4. The highest BCUT2D eigenvalue weighted by atomic mass is 16.5. The Bertz CT molecular complexity index is 1080. The molecule has 2 aromatic carbocycles. The van der Waals surface area contributed by atoms with E-state index in [2.05, 4.69) is 16.0 Å². The van der Waals surface area contributed by atoms with Crippen LogP contribution in [0.4, 0.5) is 4.79 Å². The average molecular weight is 436 g/mol. The lowest BCUT2D eigenvalue weighted by molar-refractivity contribution is -0.136. The molecule has 2 aromatic rings. The number of benzene rings is 2. The van der Waals surface area contributed by atoms with Gasteiger partial charge in [-0.1, -0.05) is 24.3 Å². The van der Waals surface area contributed by atoms with E-state index in [0.29, 0.717) is 25.1 Å². The van der Waals surface area contributed by atoms with Crippen molar-refractivity contribution in [3.63, 3.8) is 0 Å². The molecule has 2 heterocycles. The van der Waals surface area contributed by atoms with Crippen molar-refractivity contribution in [3.05, 3.63) is 64.7 Å². The topological polar surface area (TPSA) is 117 Å². The molecule has 0 aromatic heterocycles. The zero-order valence-electron chi connectivity index (χ0n) is 17.6. The van der Waals surface area contributed by atoms with Gasteiger partial charge in [0.05, 0.1) is 7.11 Å². The van der Waals surface area contributed by atoms with Gasteiger partial charge in [0.25, 0.3) is 5.91 Å². The number of nitrogens with one attached hydrogen (secondary N) is 3. The lowest BCUT2D eigenvalue weighted by atomic mass is 10.0. The normalized spacial score (nSPS) is 17.6. The zero-order valence-corrected chi connectivity index (χ0v) is 17.6. The number of amides is 5. The number of ether oxygens (including phenoxy) is 1. The molecule has 0 bridgehead atoms. The van der Waals surface area contributed by atoms with Gasteiger partial charge < -0.3 is 20.3 Å². The Morgan fingerprint density at radius 1 is 1.09 bits per heavy atom. The van der Waals surface area contributed by atoms with Crippen LogP contribution >= 0.6 is 0 Å². The van der Waals surface area contributed by atoms with E-state index in [1.54, 1.807) is 13.2 Å². The van der Waals surface area contributed by atoms with Gasteiger partial charge in [-0.25, -0.2) is 4.79 Å². The van der Waals surface area contributed by atoms with Gasteiger partial charge >= 0.3 is 6.03 Å². The minimum absolute atomic E-state index is 0.219. The van der Waals surface area contributed by atoms with Crippen molar-refractivity contribution in [1.82, 2.24) is 20.9 Å². The number of carbonyl (C=O) groups is 4. The highest BCUT2D eigenvalue weighted by Crippen LogP contribution is 2.28. The second-order valence-corrected chi connectivity index (χ2v) is 7.78. The predicted octanol–water partition coefficient (Wildman–Crippen LogP) is 1.46. The maximum atomic E-state index is 12.9. The van der Waals surface area contributed by atoms with Crippen LogP contribution in [0.5, 0.6) is 5.75 Å². The summed E-state index contributed by atoms with van der Waals surface area (Å²) in [5.41, 5.74) is 3.03. The molecule has 5 amide bonds. The molecule has 1 unspecified atom stereocenters. The van der Waals surface area contributed by atoms with Crippen molar-refractivity contribution >= 4 is 23.8 Å². The van der Waals surface area contributed by atoms with E-state index in [0.717, 1.165) is 22.4 Å². The Morgan fingerprint density at radius 2 is 1.84 bits per heavy atom. The minimum atomic E-state index is -0.642. The molecule has 1 saturated heterocycles. The van der Waals surface area contributed by atoms with Gasteiger partial charge in [0.2, 0.25) is 11.8 Å². The summed E-state index contributed by atoms with van der Waals surface area (Å²) < 4.78 is 5.17. The van der Waals surface area contributed by atoms with Gasteiger partial charge in [0.1, 0.15) is 11.8 Å². The Labute approximate surface area is 185 Å². The first-order valence-electron chi connectivity index (χ1n) is 10.4. The van der Waals surface area contributed by atoms with Crippen molar-refractivity contribution < 1.29 is 23.9 Å². The van der Waals surface area contributed by atoms with Crippen molar-refractivity contribution in [3.8, 4) is 5.75 Å². The van der Waals surface area contributed by atoms with Crippen LogP contribution in [0.2, 0.25) is 0 Å². The maximum Gasteiger partial charge on any atom is 0.315 e. The lowest BCUT2D eigenvalue weighted by Crippen LogP contribution is -2.52. The van der Waals surface area contributed by atoms with Crippen LogP contribution in [0.25, 0.3) is 0 Å². The third-order valence-electron chi connectivity index (χ3n) is 5.63. The molecule has 32 heavy (non-hydrogen) atoms. The van der Waals surface area contributed by atoms with Crippen LogP contribution in [0.1, 0.15) is 39.9 Å². The molecule has 0 saturated carbocycles. The number of hydrogen-bond acceptors (Lipinski definition) is 5. The first-order chi connectivity index (χ1) is 15.4. The van der Waals surface area contributed by atoms with Crippen molar-refractivity contribution in [2.24, 2.45) is 0 Å². The molecule has 1 atom stereocenters. The standard InChI is InChI=1S/C23H24N4O5/c1-32-17-4-2-3-14(9-17)11-24-23(31)25-12-15-5-6-16-13-27(22(30)18(16)10-15)19-7-8-20(28)26-21(19)29/h2-6,9-10,19H,7-8,11-13H2,1H3,(H2,24,25,31)(H,26,28,29). The van der Waals surface area contributed by atoms with Crippen LogP contribution in [-0.4, -0.2) is 41.8 Å². The number of piperidine rings is 1. The van der Waals surface area contributed by atoms with Crippen LogP contribution in [-0.2, 0) is 29.2 Å². The van der Waals surface area contributed by atoms with Gasteiger partial charge in [-0.15, -0.1) is 0 Å². The highest BCUT2D eigenvalue weighted by molar-refractivity contribution is 6.05. The van der Waals surface area contributed by atoms with E-state index in [4.69, 9.17) is 4.74 Å². The van der Waals surface area contributed by atoms with Crippen molar-refractivity contribution in [2.45, 2.75) is 38.5 Å². The smallest absolute Gasteiger partial charge is 0.315 e. The van der Waals surface area contributed by atoms with Crippen LogP contribution in [0, 0.1) is 0 Å². The van der Waals surface area contributed by atoms with E-state index in [1.165, 1.54) is 4.90 Å². The molecule has 0 spiro atoms. The van der Waals surface area contributed by atoms with Crippen molar-refractivity contribution in [1.29, 1.82) is 0 Å². The summed E-state index contributed by atoms with van der Waals surface area (Å²) in [5.74, 6) is -0.261. The fourth-order valence-electron chi connectivity index (χ4n) is 3.92. The Kier molecular flexibility index (Phi) is 6.07. The fourth-order valence-corrected chi connectivity index (χ4v) is 3.92. The summed E-state index contributed by atoms with van der Waals surface area (Å²) in [6.07, 6.45) is 0.544. The van der Waals surface area contributed by atoms with E-state index < -0.39 is 11.9 Å². The molecule has 0 aliphatic carbocycles. The second-order valence-electron chi connectivity index (χ2n) is 7.78. The molecule has 2 aliphatic rings. The van der Waals surface area contributed by atoms with Crippen LogP contribution in [0.3, 0.4) is 0 Å². The largest absolute Gasteiger partial charge is 0.497 e. The molecule has 0 radical (unpaired) electrons. The molecular formula is C23H24N4O5. The van der Waals surface area contributed by atoms with E-state index in [1.807, 2.05) is 36.4 Å². The minimum Gasteiger partial charge on any atom is -0.497 e. The zero-order chi connectivity index (χ0) is 22.7. The highest BCUT2D eigenvalue weighted by Gasteiger charge is 2.39. The molecule has 2 aliphatic heterocycles. The number of rotatable bonds is 6. The lowest BCUT2D eigenvalue weighted by Gasteiger charge is -2.29. The molecule has 9 nitrogen and oxygen atoms in total. The Hall–Kier alpha value is -3.88. The predicted molar refractivity (Wildman–Crippen MR) is 115 cm³/mol. The number of nitrogens with zero attached hydrogens (tertiary/aromatic N) is 1. The van der Waals surface area contributed by atoms with Gasteiger partial charge in [0.15, 0.2) is 0 Å². The monoisotopic (exact) mass is 436 g/mol. The Morgan fingerprint density at radius 3 is 2.56 bits per heavy atom. The van der Waals surface area contributed by atoms with Gasteiger partial charge in [0, 0.05) is 31.6 Å². The molecular weight excluding hydrogens is 412 g/mol. The van der Waals surface area contributed by atoms with Crippen LogP contribution < -0.4 is 20.7 Å². The third kappa shape index (κ3) is 4.56. The van der Waals surface area contributed by atoms with E-state index in [-0.39, 0.29) is 30.8 Å². The number of urea groups is 1. The summed E-state index contributed by atoms with van der Waals surface area (Å²) in [6, 6.07) is 11.9. The fraction of sp³-hybridized carbons (Fsp3) is 0.304. The SMILES string of the molecule is COc1cccc(CNC(=O)NCc2ccc3c(c2)C(=O)N(C2CCC(=O)NC2=O)C3)c1. The number of fused-ring (bicyclic) bond motifs is 1. The summed E-state index contributed by atoms with van der Waals surface area (Å²) >= 11 is 0. The molecule has 3 N–H and O–H groups in total. The number of methoxy groups -OCH3 is 1. The van der Waals surface area contributed by atoms with Gasteiger partial charge in [-0.3, -0.25) is 19.7 Å². The summed E-state index contributed by atoms with van der Waals surface area (Å²) in [4.78, 5) is 50.1. The average Bonchev–Trinajstić information content (AvgIpc) is 3.12. The molecule has 1 fully saturated rings. The molecule has 9 heteroatoms. The summed E-state index contributed by atoms with van der Waals surface area (Å²) in [5, 5.41) is 7.86. The van der Waals surface area contributed by atoms with Gasteiger partial charge in [-0.2, -0.15) is 0 Å². The third-order valence-corrected chi connectivity index (χ3v) is 5.63. The van der Waals surface area contributed by atoms with E-state index in [9.17, 15) is 19.2 Å². The maximum absolute atomic E-state index is 12.9. The van der Waals surface area contributed by atoms with Crippen molar-refractivity contribution in [2.75, 3.05) is 7.11 Å². The molecule has 166 valence electrons. The number of hydrogen-bond donors (Lipinski definition) is 3. The summed E-state index contributed by atoms with van der Waals surface area (Å²) in [6.45, 7) is 0.935. The summed E-state index contributed by atoms with van der Waals surface area (Å²) in [7, 11) is 1.59. The molecule has 4 rings (SSSR count). The Balaban J connectivity index is 1.33. The second kappa shape index (κ2) is 9.09. The first-order valence-corrected chi connectivity index (χ1v) is 10.4. The van der Waals surface area contributed by atoms with E-state index >= 15 is 0 Å². The van der Waals surface area contributed by atoms with Gasteiger partial charge in [-0.05, 0) is 41.3 Å². The number of imide groups is 1.